The fourth-order valence-electron chi connectivity index (χ4n) is 1.83. The average molecular weight is 256 g/mol. The molecule has 1 unspecified atom stereocenters. The van der Waals surface area contributed by atoms with Crippen LogP contribution < -0.4 is 5.73 Å². The average Bonchev–Trinajstić information content (AvgIpc) is 2.78. The summed E-state index contributed by atoms with van der Waals surface area (Å²) < 4.78 is 5.17. The Balaban J connectivity index is 2.96. The summed E-state index contributed by atoms with van der Waals surface area (Å²) in [6.45, 7) is 6.46. The Morgan fingerprint density at radius 1 is 1.65 bits per heavy atom. The molecule has 0 fully saturated rings. The van der Waals surface area contributed by atoms with Crippen molar-refractivity contribution in [3.63, 3.8) is 0 Å². The standard InChI is InChI=1S/C12H20N2O2S/c1-4-16-11(15)12(7-13,9(2)3)5-10-6-17-8-14-10/h6,8-9H,4-5,7,13H2,1-3H3. The fourth-order valence-corrected chi connectivity index (χ4v) is 2.38. The highest BCUT2D eigenvalue weighted by molar-refractivity contribution is 7.07. The van der Waals surface area contributed by atoms with Crippen LogP contribution in [0.5, 0.6) is 0 Å². The normalized spacial score (nSPS) is 14.6. The molecule has 2 N–H and O–H groups in total. The second kappa shape index (κ2) is 6.12. The van der Waals surface area contributed by atoms with E-state index in [1.165, 1.54) is 11.3 Å². The van der Waals surface area contributed by atoms with Crippen molar-refractivity contribution >= 4 is 17.3 Å². The zero-order valence-corrected chi connectivity index (χ0v) is 11.4. The second-order valence-electron chi connectivity index (χ2n) is 4.39. The molecule has 0 aliphatic rings. The van der Waals surface area contributed by atoms with Gasteiger partial charge in [-0.1, -0.05) is 13.8 Å². The zero-order chi connectivity index (χ0) is 12.9. The van der Waals surface area contributed by atoms with E-state index in [4.69, 9.17) is 10.5 Å². The van der Waals surface area contributed by atoms with E-state index in [-0.39, 0.29) is 18.4 Å². The monoisotopic (exact) mass is 256 g/mol. The van der Waals surface area contributed by atoms with Crippen molar-refractivity contribution < 1.29 is 9.53 Å². The van der Waals surface area contributed by atoms with Crippen molar-refractivity contribution in [2.75, 3.05) is 13.2 Å². The molecule has 0 aromatic carbocycles. The molecule has 4 nitrogen and oxygen atoms in total. The van der Waals surface area contributed by atoms with Gasteiger partial charge < -0.3 is 10.5 Å². The Morgan fingerprint density at radius 3 is 2.76 bits per heavy atom. The lowest BCUT2D eigenvalue weighted by molar-refractivity contribution is -0.157. The molecule has 0 amide bonds. The van der Waals surface area contributed by atoms with Gasteiger partial charge in [0.25, 0.3) is 0 Å². The first-order valence-electron chi connectivity index (χ1n) is 5.81. The van der Waals surface area contributed by atoms with E-state index in [1.807, 2.05) is 26.2 Å². The number of esters is 1. The number of hydrogen-bond donors (Lipinski definition) is 1. The van der Waals surface area contributed by atoms with Gasteiger partial charge in [-0.05, 0) is 12.8 Å². The molecule has 0 saturated carbocycles. The fraction of sp³-hybridized carbons (Fsp3) is 0.667. The highest BCUT2D eigenvalue weighted by Gasteiger charge is 2.42. The molecule has 1 heterocycles. The van der Waals surface area contributed by atoms with E-state index in [0.29, 0.717) is 13.0 Å². The van der Waals surface area contributed by atoms with Crippen molar-refractivity contribution in [1.29, 1.82) is 0 Å². The maximum atomic E-state index is 12.1. The molecule has 17 heavy (non-hydrogen) atoms. The van der Waals surface area contributed by atoms with Gasteiger partial charge in [0.1, 0.15) is 0 Å². The smallest absolute Gasteiger partial charge is 0.314 e. The van der Waals surface area contributed by atoms with Crippen LogP contribution in [-0.2, 0) is 16.0 Å². The summed E-state index contributed by atoms with van der Waals surface area (Å²) in [6, 6.07) is 0. The Morgan fingerprint density at radius 2 is 2.35 bits per heavy atom. The number of nitrogens with two attached hydrogens (primary N) is 1. The summed E-state index contributed by atoms with van der Waals surface area (Å²) >= 11 is 1.52. The third-order valence-corrected chi connectivity index (χ3v) is 3.77. The molecular weight excluding hydrogens is 236 g/mol. The van der Waals surface area contributed by atoms with Gasteiger partial charge in [-0.2, -0.15) is 0 Å². The topological polar surface area (TPSA) is 65.2 Å². The van der Waals surface area contributed by atoms with Gasteiger partial charge in [0.15, 0.2) is 0 Å². The maximum absolute atomic E-state index is 12.1. The number of aromatic nitrogens is 1. The second-order valence-corrected chi connectivity index (χ2v) is 5.11. The Kier molecular flexibility index (Phi) is 5.08. The zero-order valence-electron chi connectivity index (χ0n) is 10.6. The lowest BCUT2D eigenvalue weighted by atomic mass is 9.73. The number of carbonyl (C=O) groups is 1. The number of carbonyl (C=O) groups excluding carboxylic acids is 1. The first-order chi connectivity index (χ1) is 8.06. The first kappa shape index (κ1) is 14.1. The molecule has 0 aliphatic carbocycles. The Labute approximate surface area is 106 Å². The molecule has 5 heteroatoms. The van der Waals surface area contributed by atoms with E-state index < -0.39 is 5.41 Å². The summed E-state index contributed by atoms with van der Waals surface area (Å²) in [5.74, 6) is -0.0984. The van der Waals surface area contributed by atoms with Crippen molar-refractivity contribution in [2.45, 2.75) is 27.2 Å². The minimum absolute atomic E-state index is 0.119. The number of hydrogen-bond acceptors (Lipinski definition) is 5. The van der Waals surface area contributed by atoms with Gasteiger partial charge in [-0.25, -0.2) is 4.98 Å². The molecule has 0 bridgehead atoms. The summed E-state index contributed by atoms with van der Waals surface area (Å²) in [6.07, 6.45) is 0.545. The Bertz CT molecular complexity index is 351. The Hall–Kier alpha value is -0.940. The third-order valence-electron chi connectivity index (χ3n) is 3.13. The molecule has 0 saturated heterocycles. The van der Waals surface area contributed by atoms with Gasteiger partial charge in [0.05, 0.1) is 23.2 Å². The lowest BCUT2D eigenvalue weighted by Gasteiger charge is -2.33. The van der Waals surface area contributed by atoms with Crippen molar-refractivity contribution in [3.8, 4) is 0 Å². The summed E-state index contributed by atoms with van der Waals surface area (Å²) in [7, 11) is 0. The quantitative estimate of drug-likeness (QED) is 0.789. The molecule has 1 aromatic heterocycles. The highest BCUT2D eigenvalue weighted by atomic mass is 32.1. The van der Waals surface area contributed by atoms with E-state index >= 15 is 0 Å². The largest absolute Gasteiger partial charge is 0.466 e. The minimum atomic E-state index is -0.663. The van der Waals surface area contributed by atoms with E-state index in [0.717, 1.165) is 5.69 Å². The highest BCUT2D eigenvalue weighted by Crippen LogP contribution is 2.32. The molecule has 1 rings (SSSR count). The molecule has 0 spiro atoms. The number of ether oxygens (including phenoxy) is 1. The van der Waals surface area contributed by atoms with Gasteiger partial charge in [-0.15, -0.1) is 11.3 Å². The molecule has 0 aliphatic heterocycles. The molecule has 1 aromatic rings. The number of rotatable bonds is 6. The lowest BCUT2D eigenvalue weighted by Crippen LogP contribution is -2.46. The van der Waals surface area contributed by atoms with Gasteiger partial charge in [0.2, 0.25) is 0 Å². The molecular formula is C12H20N2O2S. The van der Waals surface area contributed by atoms with Crippen molar-refractivity contribution in [3.05, 3.63) is 16.6 Å². The number of thiazole rings is 1. The van der Waals surface area contributed by atoms with Gasteiger partial charge in [-0.3, -0.25) is 4.79 Å². The van der Waals surface area contributed by atoms with Crippen LogP contribution in [-0.4, -0.2) is 24.1 Å². The van der Waals surface area contributed by atoms with E-state index in [9.17, 15) is 4.79 Å². The first-order valence-corrected chi connectivity index (χ1v) is 6.75. The predicted molar refractivity (Wildman–Crippen MR) is 68.8 cm³/mol. The maximum Gasteiger partial charge on any atom is 0.314 e. The van der Waals surface area contributed by atoms with Crippen LogP contribution in [0.4, 0.5) is 0 Å². The number of nitrogens with zero attached hydrogens (tertiary/aromatic N) is 1. The minimum Gasteiger partial charge on any atom is -0.466 e. The molecule has 0 radical (unpaired) electrons. The SMILES string of the molecule is CCOC(=O)C(CN)(Cc1cscn1)C(C)C. The van der Waals surface area contributed by atoms with Crippen LogP contribution in [0.2, 0.25) is 0 Å². The summed E-state index contributed by atoms with van der Waals surface area (Å²) in [5, 5.41) is 1.95. The van der Waals surface area contributed by atoms with Crippen LogP contribution in [0, 0.1) is 11.3 Å². The van der Waals surface area contributed by atoms with Crippen LogP contribution in [0.1, 0.15) is 26.5 Å². The van der Waals surface area contributed by atoms with E-state index in [1.54, 1.807) is 5.51 Å². The van der Waals surface area contributed by atoms with Crippen LogP contribution in [0.3, 0.4) is 0 Å². The van der Waals surface area contributed by atoms with Crippen molar-refractivity contribution in [1.82, 2.24) is 4.98 Å². The molecule has 1 atom stereocenters. The summed E-state index contributed by atoms with van der Waals surface area (Å²) in [4.78, 5) is 16.4. The van der Waals surface area contributed by atoms with Crippen LogP contribution in [0.15, 0.2) is 10.9 Å². The third kappa shape index (κ3) is 3.04. The predicted octanol–water partition coefficient (Wildman–Crippen LogP) is 1.85. The van der Waals surface area contributed by atoms with Crippen molar-refractivity contribution in [2.24, 2.45) is 17.1 Å². The van der Waals surface area contributed by atoms with Gasteiger partial charge >= 0.3 is 5.97 Å². The van der Waals surface area contributed by atoms with Crippen LogP contribution >= 0.6 is 11.3 Å². The van der Waals surface area contributed by atoms with Gasteiger partial charge in [0, 0.05) is 18.3 Å². The molecule has 96 valence electrons. The van der Waals surface area contributed by atoms with Crippen LogP contribution in [0.25, 0.3) is 0 Å². The summed E-state index contributed by atoms with van der Waals surface area (Å²) in [5.41, 5.74) is 7.84. The van der Waals surface area contributed by atoms with E-state index in [2.05, 4.69) is 4.98 Å².